The van der Waals surface area contributed by atoms with Gasteiger partial charge in [-0.2, -0.15) is 0 Å². The molecule has 4 heteroatoms. The summed E-state index contributed by atoms with van der Waals surface area (Å²) in [6.45, 7) is 4.75. The van der Waals surface area contributed by atoms with Crippen LogP contribution >= 0.6 is 0 Å². The zero-order valence-electron chi connectivity index (χ0n) is 12.1. The van der Waals surface area contributed by atoms with Crippen molar-refractivity contribution < 1.29 is 0 Å². The van der Waals surface area contributed by atoms with Gasteiger partial charge in [0.1, 0.15) is 0 Å². The molecule has 2 aromatic rings. The van der Waals surface area contributed by atoms with E-state index in [0.717, 1.165) is 24.1 Å². The van der Waals surface area contributed by atoms with Crippen LogP contribution in [0.2, 0.25) is 0 Å². The molecule has 108 valence electrons. The van der Waals surface area contributed by atoms with Gasteiger partial charge in [0.2, 0.25) is 0 Å². The number of benzene rings is 1. The zero-order valence-corrected chi connectivity index (χ0v) is 12.1. The van der Waals surface area contributed by atoms with E-state index in [1.165, 1.54) is 31.9 Å². The molecule has 0 spiro atoms. The van der Waals surface area contributed by atoms with E-state index in [0.29, 0.717) is 6.54 Å². The molecule has 0 saturated carbocycles. The van der Waals surface area contributed by atoms with Crippen LogP contribution in [0.4, 0.5) is 0 Å². The smallest absolute Gasteiger partial charge is 0.269 e. The first-order valence-corrected chi connectivity index (χ1v) is 7.48. The van der Waals surface area contributed by atoms with Crippen molar-refractivity contribution in [3.63, 3.8) is 0 Å². The lowest BCUT2D eigenvalue weighted by atomic mass is 10.2. The zero-order chi connectivity index (χ0) is 14.2. The number of aromatic nitrogens is 2. The van der Waals surface area contributed by atoms with Gasteiger partial charge in [0, 0.05) is 13.1 Å². The van der Waals surface area contributed by atoms with Crippen molar-refractivity contribution in [2.75, 3.05) is 13.1 Å². The highest BCUT2D eigenvalue weighted by molar-refractivity contribution is 5.74. The lowest BCUT2D eigenvalue weighted by molar-refractivity contribution is 0.560. The third kappa shape index (κ3) is 3.90. The second-order valence-corrected chi connectivity index (χ2v) is 5.05. The van der Waals surface area contributed by atoms with E-state index in [2.05, 4.69) is 17.2 Å². The van der Waals surface area contributed by atoms with Crippen LogP contribution in [-0.2, 0) is 6.54 Å². The molecule has 2 rings (SSSR count). The Kier molecular flexibility index (Phi) is 5.74. The highest BCUT2D eigenvalue weighted by atomic mass is 16.1. The van der Waals surface area contributed by atoms with Crippen LogP contribution in [0.5, 0.6) is 0 Å². The molecule has 1 aromatic heterocycles. The lowest BCUT2D eigenvalue weighted by Gasteiger charge is -2.10. The van der Waals surface area contributed by atoms with Gasteiger partial charge in [0.15, 0.2) is 0 Å². The van der Waals surface area contributed by atoms with Gasteiger partial charge in [0.05, 0.1) is 17.2 Å². The Morgan fingerprint density at radius 2 is 2.00 bits per heavy atom. The number of rotatable bonds is 8. The molecule has 0 unspecified atom stereocenters. The quantitative estimate of drug-likeness (QED) is 0.752. The van der Waals surface area contributed by atoms with Gasteiger partial charge >= 0.3 is 0 Å². The number of hydrogen-bond acceptors (Lipinski definition) is 3. The number of nitrogens with one attached hydrogen (secondary N) is 1. The number of unbranched alkanes of at least 4 members (excludes halogenated alkanes) is 3. The normalized spacial score (nSPS) is 11.1. The van der Waals surface area contributed by atoms with Gasteiger partial charge in [0.25, 0.3) is 5.56 Å². The van der Waals surface area contributed by atoms with Gasteiger partial charge in [-0.15, -0.1) is 0 Å². The van der Waals surface area contributed by atoms with Crippen molar-refractivity contribution >= 4 is 11.0 Å². The average molecular weight is 273 g/mol. The Balaban J connectivity index is 1.90. The van der Waals surface area contributed by atoms with Crippen LogP contribution in [0.25, 0.3) is 11.0 Å². The minimum absolute atomic E-state index is 0.0310. The van der Waals surface area contributed by atoms with Gasteiger partial charge in [-0.1, -0.05) is 38.3 Å². The van der Waals surface area contributed by atoms with Crippen molar-refractivity contribution in [1.82, 2.24) is 14.9 Å². The molecule has 20 heavy (non-hydrogen) atoms. The third-order valence-corrected chi connectivity index (χ3v) is 3.47. The lowest BCUT2D eigenvalue weighted by Crippen LogP contribution is -2.27. The summed E-state index contributed by atoms with van der Waals surface area (Å²) in [5, 5.41) is 3.40. The molecule has 1 N–H and O–H groups in total. The molecular formula is C16H23N3O. The molecule has 1 aromatic carbocycles. The highest BCUT2D eigenvalue weighted by Crippen LogP contribution is 2.07. The highest BCUT2D eigenvalue weighted by Gasteiger charge is 2.02. The predicted molar refractivity (Wildman–Crippen MR) is 83.0 cm³/mol. The van der Waals surface area contributed by atoms with Crippen molar-refractivity contribution in [2.45, 2.75) is 39.2 Å². The van der Waals surface area contributed by atoms with Crippen molar-refractivity contribution in [3.05, 3.63) is 40.8 Å². The molecule has 0 fully saturated rings. The minimum Gasteiger partial charge on any atom is -0.315 e. The van der Waals surface area contributed by atoms with Gasteiger partial charge < -0.3 is 9.88 Å². The summed E-state index contributed by atoms with van der Waals surface area (Å²) < 4.78 is 1.79. The standard InChI is InChI=1S/C16H23N3O/c1-2-3-4-7-10-17-11-12-19-15-9-6-5-8-14(15)18-13-16(19)20/h5-6,8-9,13,17H,2-4,7,10-12H2,1H3. The second-order valence-electron chi connectivity index (χ2n) is 5.05. The largest absolute Gasteiger partial charge is 0.315 e. The minimum atomic E-state index is -0.0310. The molecule has 0 bridgehead atoms. The Morgan fingerprint density at radius 1 is 1.15 bits per heavy atom. The molecule has 0 radical (unpaired) electrons. The monoisotopic (exact) mass is 273 g/mol. The maximum atomic E-state index is 11.9. The summed E-state index contributed by atoms with van der Waals surface area (Å²) in [5.41, 5.74) is 1.75. The van der Waals surface area contributed by atoms with Crippen molar-refractivity contribution in [1.29, 1.82) is 0 Å². The average Bonchev–Trinajstić information content (AvgIpc) is 2.48. The number of para-hydroxylation sites is 2. The van der Waals surface area contributed by atoms with Crippen LogP contribution in [0.3, 0.4) is 0 Å². The van der Waals surface area contributed by atoms with E-state index < -0.39 is 0 Å². The summed E-state index contributed by atoms with van der Waals surface area (Å²) >= 11 is 0. The number of nitrogens with zero attached hydrogens (tertiary/aromatic N) is 2. The first-order chi connectivity index (χ1) is 9.83. The van der Waals surface area contributed by atoms with Crippen LogP contribution in [-0.4, -0.2) is 22.6 Å². The van der Waals surface area contributed by atoms with Gasteiger partial charge in [-0.3, -0.25) is 4.79 Å². The molecule has 0 aliphatic carbocycles. The summed E-state index contributed by atoms with van der Waals surface area (Å²) in [5.74, 6) is 0. The summed E-state index contributed by atoms with van der Waals surface area (Å²) in [6, 6.07) is 7.77. The topological polar surface area (TPSA) is 46.9 Å². The summed E-state index contributed by atoms with van der Waals surface area (Å²) in [6.07, 6.45) is 6.46. The molecule has 1 heterocycles. The van der Waals surface area contributed by atoms with E-state index in [4.69, 9.17) is 0 Å². The van der Waals surface area contributed by atoms with Crippen LogP contribution in [0, 0.1) is 0 Å². The van der Waals surface area contributed by atoms with Crippen LogP contribution < -0.4 is 10.9 Å². The van der Waals surface area contributed by atoms with E-state index in [9.17, 15) is 4.79 Å². The fourth-order valence-corrected chi connectivity index (χ4v) is 2.34. The van der Waals surface area contributed by atoms with Crippen LogP contribution in [0.15, 0.2) is 35.3 Å². The number of hydrogen-bond donors (Lipinski definition) is 1. The molecule has 0 amide bonds. The molecule has 0 atom stereocenters. The summed E-state index contributed by atoms with van der Waals surface area (Å²) in [7, 11) is 0. The molecule has 0 saturated heterocycles. The van der Waals surface area contributed by atoms with E-state index >= 15 is 0 Å². The SMILES string of the molecule is CCCCCCNCCn1c(=O)cnc2ccccc21. The Bertz CT molecular complexity index is 592. The summed E-state index contributed by atoms with van der Waals surface area (Å²) in [4.78, 5) is 16.1. The maximum absolute atomic E-state index is 11.9. The third-order valence-electron chi connectivity index (χ3n) is 3.47. The first kappa shape index (κ1) is 14.7. The fraction of sp³-hybridized carbons (Fsp3) is 0.500. The Hall–Kier alpha value is -1.68. The number of fused-ring (bicyclic) bond motifs is 1. The first-order valence-electron chi connectivity index (χ1n) is 7.48. The van der Waals surface area contributed by atoms with E-state index in [-0.39, 0.29) is 5.56 Å². The van der Waals surface area contributed by atoms with Crippen LogP contribution in [0.1, 0.15) is 32.6 Å². The Morgan fingerprint density at radius 3 is 2.85 bits per heavy atom. The van der Waals surface area contributed by atoms with Crippen molar-refractivity contribution in [2.24, 2.45) is 0 Å². The molecule has 0 aliphatic rings. The maximum Gasteiger partial charge on any atom is 0.269 e. The second kappa shape index (κ2) is 7.80. The fourth-order valence-electron chi connectivity index (χ4n) is 2.34. The van der Waals surface area contributed by atoms with E-state index in [1.807, 2.05) is 24.3 Å². The predicted octanol–water partition coefficient (Wildman–Crippen LogP) is 2.57. The van der Waals surface area contributed by atoms with E-state index in [1.54, 1.807) is 4.57 Å². The molecule has 4 nitrogen and oxygen atoms in total. The Labute approximate surface area is 119 Å². The van der Waals surface area contributed by atoms with Crippen molar-refractivity contribution in [3.8, 4) is 0 Å². The molecule has 0 aliphatic heterocycles. The molecular weight excluding hydrogens is 250 g/mol. The van der Waals surface area contributed by atoms with Gasteiger partial charge in [-0.25, -0.2) is 4.98 Å². The van der Waals surface area contributed by atoms with Gasteiger partial charge in [-0.05, 0) is 25.1 Å².